The standard InChI is InChI=1S/C15H18ClN3O3/c1-7-5-19(13-9(7)12(16)17-6-18-13)14-11-10(8(2)20-14)21-15(3,4)22-11/h5-6,8,10-11,14H,1-4H3/t8-,10-,11-,14-/m1/s1. The minimum atomic E-state index is -0.601. The normalized spacial score (nSPS) is 33.5. The van der Waals surface area contributed by atoms with Crippen molar-refractivity contribution in [3.63, 3.8) is 0 Å². The van der Waals surface area contributed by atoms with Crippen molar-refractivity contribution in [1.29, 1.82) is 0 Å². The maximum atomic E-state index is 6.21. The molecule has 0 amide bonds. The van der Waals surface area contributed by atoms with Crippen LogP contribution in [0.4, 0.5) is 0 Å². The molecular formula is C15H18ClN3O3. The minimum absolute atomic E-state index is 0.0492. The van der Waals surface area contributed by atoms with E-state index in [-0.39, 0.29) is 24.5 Å². The first-order valence-electron chi connectivity index (χ1n) is 7.36. The van der Waals surface area contributed by atoms with Gasteiger partial charge in [-0.25, -0.2) is 9.97 Å². The molecule has 0 saturated carbocycles. The molecule has 0 N–H and O–H groups in total. The zero-order chi connectivity index (χ0) is 15.6. The largest absolute Gasteiger partial charge is 0.349 e. The molecule has 2 aromatic rings. The highest BCUT2D eigenvalue weighted by Gasteiger charge is 2.54. The van der Waals surface area contributed by atoms with Crippen LogP contribution in [0.25, 0.3) is 11.0 Å². The van der Waals surface area contributed by atoms with Gasteiger partial charge in [0.05, 0.1) is 11.5 Å². The van der Waals surface area contributed by atoms with Crippen LogP contribution in [-0.2, 0) is 14.2 Å². The van der Waals surface area contributed by atoms with Crippen LogP contribution in [0.3, 0.4) is 0 Å². The number of hydrogen-bond donors (Lipinski definition) is 0. The second-order valence-corrected chi connectivity index (χ2v) is 6.74. The lowest BCUT2D eigenvalue weighted by atomic mass is 10.1. The van der Waals surface area contributed by atoms with Gasteiger partial charge in [-0.05, 0) is 33.3 Å². The summed E-state index contributed by atoms with van der Waals surface area (Å²) in [5, 5.41) is 1.30. The zero-order valence-electron chi connectivity index (χ0n) is 12.9. The molecule has 2 fully saturated rings. The van der Waals surface area contributed by atoms with Crippen LogP contribution in [0.15, 0.2) is 12.5 Å². The van der Waals surface area contributed by atoms with E-state index in [4.69, 9.17) is 25.8 Å². The summed E-state index contributed by atoms with van der Waals surface area (Å²) in [6.07, 6.45) is 2.85. The van der Waals surface area contributed by atoms with Crippen LogP contribution in [-0.4, -0.2) is 38.6 Å². The van der Waals surface area contributed by atoms with E-state index in [1.54, 1.807) is 0 Å². The molecule has 0 radical (unpaired) electrons. The average molecular weight is 324 g/mol. The SMILES string of the molecule is Cc1cn([C@@H]2O[C@H](C)[C@H]3OC(C)(C)O[C@H]32)c2ncnc(Cl)c12. The third-order valence-corrected chi connectivity index (χ3v) is 4.57. The van der Waals surface area contributed by atoms with Gasteiger partial charge in [0.15, 0.2) is 12.0 Å². The molecule has 4 heterocycles. The van der Waals surface area contributed by atoms with Gasteiger partial charge in [-0.3, -0.25) is 0 Å². The molecule has 2 aliphatic rings. The lowest BCUT2D eigenvalue weighted by molar-refractivity contribution is -0.194. The van der Waals surface area contributed by atoms with Crippen molar-refractivity contribution in [3.8, 4) is 0 Å². The Hall–Kier alpha value is -1.21. The average Bonchev–Trinajstić information content (AvgIpc) is 3.02. The van der Waals surface area contributed by atoms with Crippen LogP contribution in [0.5, 0.6) is 0 Å². The fourth-order valence-corrected chi connectivity index (χ4v) is 3.70. The Kier molecular flexibility index (Phi) is 3.04. The number of rotatable bonds is 1. The molecule has 4 atom stereocenters. The van der Waals surface area contributed by atoms with Crippen LogP contribution in [0.2, 0.25) is 5.15 Å². The van der Waals surface area contributed by atoms with Gasteiger partial charge in [-0.2, -0.15) is 0 Å². The first-order valence-corrected chi connectivity index (χ1v) is 7.74. The number of fused-ring (bicyclic) bond motifs is 2. The van der Waals surface area contributed by atoms with Crippen molar-refractivity contribution in [3.05, 3.63) is 23.2 Å². The molecule has 2 aliphatic heterocycles. The topological polar surface area (TPSA) is 58.4 Å². The van der Waals surface area contributed by atoms with Gasteiger partial charge in [0.1, 0.15) is 29.3 Å². The summed E-state index contributed by atoms with van der Waals surface area (Å²) in [7, 11) is 0. The lowest BCUT2D eigenvalue weighted by Crippen LogP contribution is -2.27. The highest BCUT2D eigenvalue weighted by Crippen LogP contribution is 2.44. The molecular weight excluding hydrogens is 306 g/mol. The van der Waals surface area contributed by atoms with Crippen molar-refractivity contribution in [2.45, 2.75) is 58.0 Å². The lowest BCUT2D eigenvalue weighted by Gasteiger charge is -2.24. The van der Waals surface area contributed by atoms with E-state index < -0.39 is 5.79 Å². The van der Waals surface area contributed by atoms with Gasteiger partial charge < -0.3 is 18.8 Å². The maximum absolute atomic E-state index is 6.21. The predicted octanol–water partition coefficient (Wildman–Crippen LogP) is 2.83. The van der Waals surface area contributed by atoms with Crippen molar-refractivity contribution in [2.24, 2.45) is 0 Å². The molecule has 0 spiro atoms. The second-order valence-electron chi connectivity index (χ2n) is 6.38. The first-order chi connectivity index (χ1) is 10.4. The predicted molar refractivity (Wildman–Crippen MR) is 80.7 cm³/mol. The van der Waals surface area contributed by atoms with E-state index in [1.165, 1.54) is 6.33 Å². The smallest absolute Gasteiger partial charge is 0.164 e. The van der Waals surface area contributed by atoms with Crippen molar-refractivity contribution in [1.82, 2.24) is 14.5 Å². The number of ether oxygens (including phenoxy) is 3. The molecule has 0 aliphatic carbocycles. The summed E-state index contributed by atoms with van der Waals surface area (Å²) in [6, 6.07) is 0. The Balaban J connectivity index is 1.81. The highest BCUT2D eigenvalue weighted by molar-refractivity contribution is 6.34. The maximum Gasteiger partial charge on any atom is 0.164 e. The summed E-state index contributed by atoms with van der Waals surface area (Å²) >= 11 is 6.21. The van der Waals surface area contributed by atoms with Crippen molar-refractivity contribution >= 4 is 22.6 Å². The molecule has 6 nitrogen and oxygen atoms in total. The molecule has 2 aromatic heterocycles. The Morgan fingerprint density at radius 1 is 1.23 bits per heavy atom. The Bertz CT molecular complexity index is 745. The van der Waals surface area contributed by atoms with Gasteiger partial charge in [-0.1, -0.05) is 11.6 Å². The van der Waals surface area contributed by atoms with E-state index in [2.05, 4.69) is 9.97 Å². The quantitative estimate of drug-likeness (QED) is 0.755. The molecule has 0 unspecified atom stereocenters. The van der Waals surface area contributed by atoms with Gasteiger partial charge in [0.25, 0.3) is 0 Å². The van der Waals surface area contributed by atoms with Gasteiger partial charge in [0, 0.05) is 6.20 Å². The second kappa shape index (κ2) is 4.64. The number of aromatic nitrogens is 3. The zero-order valence-corrected chi connectivity index (χ0v) is 13.7. The van der Waals surface area contributed by atoms with Gasteiger partial charge in [0.2, 0.25) is 0 Å². The van der Waals surface area contributed by atoms with Crippen LogP contribution in [0, 0.1) is 6.92 Å². The number of halogens is 1. The molecule has 0 bridgehead atoms. The van der Waals surface area contributed by atoms with Crippen LogP contribution < -0.4 is 0 Å². The van der Waals surface area contributed by atoms with E-state index in [0.29, 0.717) is 5.15 Å². The molecule has 4 rings (SSSR count). The summed E-state index contributed by atoms with van der Waals surface area (Å²) in [4.78, 5) is 8.43. The van der Waals surface area contributed by atoms with Crippen LogP contribution >= 0.6 is 11.6 Å². The third-order valence-electron chi connectivity index (χ3n) is 4.29. The van der Waals surface area contributed by atoms with Crippen molar-refractivity contribution in [2.75, 3.05) is 0 Å². The fourth-order valence-electron chi connectivity index (χ4n) is 3.42. The fraction of sp³-hybridized carbons (Fsp3) is 0.600. The summed E-state index contributed by atoms with van der Waals surface area (Å²) in [5.41, 5.74) is 1.77. The Labute approximate surface area is 133 Å². The summed E-state index contributed by atoms with van der Waals surface area (Å²) in [5.74, 6) is -0.601. The molecule has 0 aromatic carbocycles. The van der Waals surface area contributed by atoms with E-state index >= 15 is 0 Å². The number of aryl methyl sites for hydroxylation is 1. The Morgan fingerprint density at radius 3 is 2.73 bits per heavy atom. The monoisotopic (exact) mass is 323 g/mol. The molecule has 118 valence electrons. The third kappa shape index (κ3) is 1.98. The summed E-state index contributed by atoms with van der Waals surface area (Å²) < 4.78 is 20.1. The van der Waals surface area contributed by atoms with Gasteiger partial charge in [-0.15, -0.1) is 0 Å². The Morgan fingerprint density at radius 2 is 1.95 bits per heavy atom. The van der Waals surface area contributed by atoms with E-state index in [1.807, 2.05) is 38.5 Å². The molecule has 22 heavy (non-hydrogen) atoms. The highest BCUT2D eigenvalue weighted by atomic mass is 35.5. The first kappa shape index (κ1) is 14.4. The number of nitrogens with zero attached hydrogens (tertiary/aromatic N) is 3. The van der Waals surface area contributed by atoms with E-state index in [0.717, 1.165) is 16.6 Å². The number of hydrogen-bond acceptors (Lipinski definition) is 5. The van der Waals surface area contributed by atoms with Crippen molar-refractivity contribution < 1.29 is 14.2 Å². The minimum Gasteiger partial charge on any atom is -0.349 e. The summed E-state index contributed by atoms with van der Waals surface area (Å²) in [6.45, 7) is 7.84. The molecule has 7 heteroatoms. The molecule has 2 saturated heterocycles. The van der Waals surface area contributed by atoms with Crippen LogP contribution in [0.1, 0.15) is 32.6 Å². The van der Waals surface area contributed by atoms with E-state index in [9.17, 15) is 0 Å². The van der Waals surface area contributed by atoms with Gasteiger partial charge >= 0.3 is 0 Å².